The molecule has 4 heterocycles. The number of hydrogen-bond acceptors (Lipinski definition) is 9. The highest BCUT2D eigenvalue weighted by Gasteiger charge is 2.38. The molecule has 15 heteroatoms. The quantitative estimate of drug-likeness (QED) is 0.309. The first-order valence-corrected chi connectivity index (χ1v) is 12.6. The number of carboxylic acids is 2. The van der Waals surface area contributed by atoms with E-state index in [1.807, 2.05) is 0 Å². The summed E-state index contributed by atoms with van der Waals surface area (Å²) in [5.74, 6) is -2.74. The Balaban J connectivity index is 0.000000493. The number of anilines is 1. The smallest absolute Gasteiger partial charge is 0.481 e. The molecule has 1 aromatic carbocycles. The van der Waals surface area contributed by atoms with Crippen LogP contribution in [0.4, 0.5) is 23.4 Å². The summed E-state index contributed by atoms with van der Waals surface area (Å²) >= 11 is 0. The third-order valence-corrected chi connectivity index (χ3v) is 6.30. The average molecular weight is 583 g/mol. The highest BCUT2D eigenvalue weighted by atomic mass is 19.4. The van der Waals surface area contributed by atoms with Gasteiger partial charge in [0.1, 0.15) is 5.82 Å². The second kappa shape index (κ2) is 12.8. The molecule has 220 valence electrons. The van der Waals surface area contributed by atoms with Crippen LogP contribution in [0.1, 0.15) is 53.7 Å². The lowest BCUT2D eigenvalue weighted by Gasteiger charge is -2.17. The Morgan fingerprint density at radius 3 is 2.61 bits per heavy atom. The summed E-state index contributed by atoms with van der Waals surface area (Å²) < 4.78 is 61.8. The molecular formula is C26H26F4N4O7. The summed E-state index contributed by atoms with van der Waals surface area (Å²) in [6, 6.07) is 7.09. The van der Waals surface area contributed by atoms with E-state index in [1.54, 1.807) is 6.07 Å². The number of aromatic nitrogens is 3. The first kappa shape index (κ1) is 29.6. The number of pyridine rings is 1. The summed E-state index contributed by atoms with van der Waals surface area (Å²) in [7, 11) is 0. The summed E-state index contributed by atoms with van der Waals surface area (Å²) in [5, 5.41) is 23.9. The number of aliphatic carboxylic acids is 2. The third-order valence-electron chi connectivity index (χ3n) is 6.30. The molecule has 2 aliphatic rings. The number of carboxylic acid groups (broad SMARTS) is 2. The maximum Gasteiger partial charge on any atom is 0.490 e. The van der Waals surface area contributed by atoms with E-state index in [4.69, 9.17) is 28.9 Å². The van der Waals surface area contributed by atoms with E-state index in [0.717, 1.165) is 43.7 Å². The van der Waals surface area contributed by atoms with Crippen LogP contribution in [0, 0.1) is 5.82 Å². The van der Waals surface area contributed by atoms with Gasteiger partial charge in [-0.3, -0.25) is 4.79 Å². The van der Waals surface area contributed by atoms with Crippen LogP contribution in [0.15, 0.2) is 28.8 Å². The van der Waals surface area contributed by atoms with Gasteiger partial charge < -0.3 is 29.5 Å². The first-order valence-electron chi connectivity index (χ1n) is 12.6. The molecule has 0 spiro atoms. The number of nitrogens with one attached hydrogen (secondary N) is 1. The van der Waals surface area contributed by atoms with E-state index >= 15 is 0 Å². The zero-order valence-corrected chi connectivity index (χ0v) is 21.5. The number of ether oxygens (including phenoxy) is 2. The van der Waals surface area contributed by atoms with Gasteiger partial charge in [-0.1, -0.05) is 11.2 Å². The number of nitrogens with zero attached hydrogens (tertiary/aromatic N) is 3. The van der Waals surface area contributed by atoms with Crippen molar-refractivity contribution in [2.24, 2.45) is 0 Å². The van der Waals surface area contributed by atoms with Gasteiger partial charge in [-0.05, 0) is 55.0 Å². The van der Waals surface area contributed by atoms with Crippen molar-refractivity contribution in [3.63, 3.8) is 0 Å². The number of rotatable bonds is 9. The standard InChI is InChI=1S/C24H25FN4O5.C2HF3O2/c25-18-9-15(10-19-23(18)33-13-32-19)16(12-22(30)31)11-21-28-20(29-34-21)5-1-4-17-7-6-14-3-2-8-26-24(14)27-17;3-2(4,5)1(6)7/h6-7,9-10,16H,1-5,8,11-13H2,(H,26,27)(H,30,31);(H,6,7). The monoisotopic (exact) mass is 582 g/mol. The zero-order chi connectivity index (χ0) is 29.6. The van der Waals surface area contributed by atoms with Gasteiger partial charge in [0.05, 0.1) is 6.42 Å². The van der Waals surface area contributed by atoms with Gasteiger partial charge in [0.25, 0.3) is 0 Å². The number of fused-ring (bicyclic) bond motifs is 2. The van der Waals surface area contributed by atoms with E-state index in [-0.39, 0.29) is 31.1 Å². The molecule has 5 rings (SSSR count). The molecule has 3 N–H and O–H groups in total. The molecule has 1 unspecified atom stereocenters. The number of hydrogen-bond donors (Lipinski definition) is 3. The maximum atomic E-state index is 14.4. The molecule has 2 aliphatic heterocycles. The summed E-state index contributed by atoms with van der Waals surface area (Å²) in [5.41, 5.74) is 2.76. The van der Waals surface area contributed by atoms with Crippen LogP contribution in [0.25, 0.3) is 0 Å². The fourth-order valence-corrected chi connectivity index (χ4v) is 4.36. The van der Waals surface area contributed by atoms with Gasteiger partial charge in [0.15, 0.2) is 17.4 Å². The van der Waals surface area contributed by atoms with Crippen LogP contribution < -0.4 is 14.8 Å². The number of carbonyl (C=O) groups is 2. The van der Waals surface area contributed by atoms with E-state index < -0.39 is 29.9 Å². The van der Waals surface area contributed by atoms with Crippen LogP contribution in [0.2, 0.25) is 0 Å². The van der Waals surface area contributed by atoms with Crippen molar-refractivity contribution in [1.82, 2.24) is 15.1 Å². The molecule has 0 saturated heterocycles. The zero-order valence-electron chi connectivity index (χ0n) is 21.5. The Bertz CT molecular complexity index is 1400. The molecule has 41 heavy (non-hydrogen) atoms. The van der Waals surface area contributed by atoms with Gasteiger partial charge in [0.2, 0.25) is 18.4 Å². The van der Waals surface area contributed by atoms with E-state index in [2.05, 4.69) is 27.6 Å². The van der Waals surface area contributed by atoms with Gasteiger partial charge >= 0.3 is 18.1 Å². The molecular weight excluding hydrogens is 556 g/mol. The molecule has 1 atom stereocenters. The molecule has 3 aromatic rings. The summed E-state index contributed by atoms with van der Waals surface area (Å²) in [6.45, 7) is 0.890. The molecule has 11 nitrogen and oxygen atoms in total. The highest BCUT2D eigenvalue weighted by Crippen LogP contribution is 2.39. The van der Waals surface area contributed by atoms with Crippen molar-refractivity contribution in [2.45, 2.75) is 57.0 Å². The Morgan fingerprint density at radius 2 is 1.88 bits per heavy atom. The Labute approximate surface area is 230 Å². The SMILES string of the molecule is O=C(O)C(F)(F)F.O=C(O)CC(Cc1nc(CCCc2ccc3c(n2)NCCC3)no1)c1cc(F)c2c(c1)OCO2. The Kier molecular flexibility index (Phi) is 9.24. The van der Waals surface area contributed by atoms with Crippen molar-refractivity contribution >= 4 is 17.8 Å². The van der Waals surface area contributed by atoms with Gasteiger partial charge in [-0.2, -0.15) is 18.2 Å². The fourth-order valence-electron chi connectivity index (χ4n) is 4.36. The Morgan fingerprint density at radius 1 is 1.10 bits per heavy atom. The average Bonchev–Trinajstić information content (AvgIpc) is 3.58. The van der Waals surface area contributed by atoms with Crippen molar-refractivity contribution in [3.05, 3.63) is 58.6 Å². The second-order valence-corrected chi connectivity index (χ2v) is 9.34. The first-order chi connectivity index (χ1) is 19.5. The molecule has 0 bridgehead atoms. The normalized spacial score (nSPS) is 14.3. The number of alkyl halides is 3. The third kappa shape index (κ3) is 8.05. The lowest BCUT2D eigenvalue weighted by Crippen LogP contribution is -2.21. The minimum absolute atomic E-state index is 0.0436. The topological polar surface area (TPSA) is 157 Å². The predicted octanol–water partition coefficient (Wildman–Crippen LogP) is 4.30. The number of benzene rings is 1. The lowest BCUT2D eigenvalue weighted by atomic mass is 9.92. The van der Waals surface area contributed by atoms with E-state index in [1.165, 1.54) is 11.6 Å². The Hall–Kier alpha value is -4.43. The van der Waals surface area contributed by atoms with Crippen LogP contribution in [-0.4, -0.2) is 56.8 Å². The van der Waals surface area contributed by atoms with E-state index in [9.17, 15) is 27.5 Å². The fraction of sp³-hybridized carbons (Fsp3) is 0.423. The minimum atomic E-state index is -5.08. The molecule has 0 fully saturated rings. The maximum absolute atomic E-state index is 14.4. The van der Waals surface area contributed by atoms with Gasteiger partial charge in [-0.15, -0.1) is 0 Å². The van der Waals surface area contributed by atoms with Crippen LogP contribution in [0.5, 0.6) is 11.5 Å². The van der Waals surface area contributed by atoms with Crippen LogP contribution in [0.3, 0.4) is 0 Å². The molecule has 0 saturated carbocycles. The van der Waals surface area contributed by atoms with E-state index in [0.29, 0.717) is 23.7 Å². The largest absolute Gasteiger partial charge is 0.490 e. The van der Waals surface area contributed by atoms with Gasteiger partial charge in [0, 0.05) is 31.0 Å². The molecule has 0 radical (unpaired) electrons. The molecule has 0 amide bonds. The highest BCUT2D eigenvalue weighted by molar-refractivity contribution is 5.73. The number of aryl methyl sites for hydroxylation is 3. The minimum Gasteiger partial charge on any atom is -0.481 e. The van der Waals surface area contributed by atoms with Crippen LogP contribution in [-0.2, 0) is 35.3 Å². The van der Waals surface area contributed by atoms with Crippen molar-refractivity contribution < 1.29 is 51.4 Å². The lowest BCUT2D eigenvalue weighted by molar-refractivity contribution is -0.192. The van der Waals surface area contributed by atoms with Crippen molar-refractivity contribution in [2.75, 3.05) is 18.7 Å². The number of halogens is 4. The summed E-state index contributed by atoms with van der Waals surface area (Å²) in [6.07, 6.45) is -0.731. The van der Waals surface area contributed by atoms with Gasteiger partial charge in [-0.25, -0.2) is 14.2 Å². The second-order valence-electron chi connectivity index (χ2n) is 9.34. The van der Waals surface area contributed by atoms with Crippen molar-refractivity contribution in [1.29, 1.82) is 0 Å². The summed E-state index contributed by atoms with van der Waals surface area (Å²) in [4.78, 5) is 29.5. The molecule has 0 aliphatic carbocycles. The van der Waals surface area contributed by atoms with Crippen molar-refractivity contribution in [3.8, 4) is 11.5 Å². The molecule has 2 aromatic heterocycles. The van der Waals surface area contributed by atoms with Crippen LogP contribution >= 0.6 is 0 Å². The predicted molar refractivity (Wildman–Crippen MR) is 132 cm³/mol.